The monoisotopic (exact) mass is 412 g/mol. The van der Waals surface area contributed by atoms with Crippen molar-refractivity contribution in [3.05, 3.63) is 53.8 Å². The summed E-state index contributed by atoms with van der Waals surface area (Å²) in [4.78, 5) is 12.2. The largest absolute Gasteiger partial charge is 0.467 e. The van der Waals surface area contributed by atoms with Crippen LogP contribution in [0, 0.1) is 0 Å². The Morgan fingerprint density at radius 3 is 2.96 bits per heavy atom. The number of amides is 1. The number of rotatable bonds is 8. The molecule has 4 aromatic rings. The zero-order valence-electron chi connectivity index (χ0n) is 15.4. The Morgan fingerprint density at radius 1 is 1.25 bits per heavy atom. The quantitative estimate of drug-likeness (QED) is 0.429. The predicted molar refractivity (Wildman–Crippen MR) is 112 cm³/mol. The summed E-state index contributed by atoms with van der Waals surface area (Å²) >= 11 is 3.11. The van der Waals surface area contributed by atoms with Crippen molar-refractivity contribution in [3.63, 3.8) is 0 Å². The number of hydrogen-bond acceptors (Lipinski definition) is 6. The SMILES string of the molecule is CCCn1c(SCC(=O)NCc2ccco2)nnc1-c1csc2ccccc12. The van der Waals surface area contributed by atoms with E-state index in [1.807, 2.05) is 18.2 Å². The number of furan rings is 1. The zero-order valence-corrected chi connectivity index (χ0v) is 17.1. The van der Waals surface area contributed by atoms with Gasteiger partial charge >= 0.3 is 0 Å². The number of carbonyl (C=O) groups excluding carboxylic acids is 1. The van der Waals surface area contributed by atoms with Crippen LogP contribution < -0.4 is 5.32 Å². The molecule has 1 amide bonds. The molecular formula is C20H20N4O2S2. The van der Waals surface area contributed by atoms with Crippen LogP contribution in [0.1, 0.15) is 19.1 Å². The Balaban J connectivity index is 1.49. The molecule has 3 aromatic heterocycles. The average Bonchev–Trinajstić information content (AvgIpc) is 3.45. The molecule has 0 atom stereocenters. The molecule has 6 nitrogen and oxygen atoms in total. The number of benzene rings is 1. The first-order valence-corrected chi connectivity index (χ1v) is 10.9. The second-order valence-electron chi connectivity index (χ2n) is 6.25. The molecule has 1 aromatic carbocycles. The van der Waals surface area contributed by atoms with Crippen molar-refractivity contribution in [1.82, 2.24) is 20.1 Å². The van der Waals surface area contributed by atoms with Gasteiger partial charge in [0.1, 0.15) is 5.76 Å². The molecule has 0 fully saturated rings. The minimum atomic E-state index is -0.0602. The Hall–Kier alpha value is -2.58. The number of aromatic nitrogens is 3. The molecule has 4 rings (SSSR count). The van der Waals surface area contributed by atoms with Crippen LogP contribution in [-0.2, 0) is 17.9 Å². The van der Waals surface area contributed by atoms with Gasteiger partial charge in [0.05, 0.1) is 18.6 Å². The number of hydrogen-bond donors (Lipinski definition) is 1. The summed E-state index contributed by atoms with van der Waals surface area (Å²) in [5.74, 6) is 1.82. The van der Waals surface area contributed by atoms with E-state index < -0.39 is 0 Å². The fourth-order valence-electron chi connectivity index (χ4n) is 2.95. The van der Waals surface area contributed by atoms with Crippen LogP contribution in [0.3, 0.4) is 0 Å². The van der Waals surface area contributed by atoms with Gasteiger partial charge in [0.15, 0.2) is 11.0 Å². The first-order chi connectivity index (χ1) is 13.8. The minimum Gasteiger partial charge on any atom is -0.467 e. The Morgan fingerprint density at radius 2 is 2.14 bits per heavy atom. The third kappa shape index (κ3) is 3.98. The highest BCUT2D eigenvalue weighted by Crippen LogP contribution is 2.34. The number of nitrogens with one attached hydrogen (secondary N) is 1. The first kappa shape index (κ1) is 18.8. The van der Waals surface area contributed by atoms with Crippen LogP contribution in [0.5, 0.6) is 0 Å². The fraction of sp³-hybridized carbons (Fsp3) is 0.250. The van der Waals surface area contributed by atoms with Crippen LogP contribution in [0.25, 0.3) is 21.5 Å². The van der Waals surface area contributed by atoms with Crippen molar-refractivity contribution in [1.29, 1.82) is 0 Å². The van der Waals surface area contributed by atoms with E-state index in [-0.39, 0.29) is 11.7 Å². The van der Waals surface area contributed by atoms with Gasteiger partial charge in [0.25, 0.3) is 0 Å². The lowest BCUT2D eigenvalue weighted by atomic mass is 10.1. The van der Waals surface area contributed by atoms with Gasteiger partial charge in [-0.1, -0.05) is 36.9 Å². The lowest BCUT2D eigenvalue weighted by Gasteiger charge is -2.08. The standard InChI is InChI=1S/C20H20N4O2S2/c1-2-9-24-19(16-12-27-17-8-4-3-7-15(16)17)22-23-20(24)28-13-18(25)21-11-14-6-5-10-26-14/h3-8,10,12H,2,9,11,13H2,1H3,(H,21,25). The van der Waals surface area contributed by atoms with Gasteiger partial charge in [-0.25, -0.2) is 0 Å². The number of carbonyl (C=O) groups is 1. The highest BCUT2D eigenvalue weighted by molar-refractivity contribution is 7.99. The summed E-state index contributed by atoms with van der Waals surface area (Å²) in [7, 11) is 0. The molecule has 0 radical (unpaired) electrons. The van der Waals surface area contributed by atoms with E-state index in [9.17, 15) is 4.79 Å². The average molecular weight is 413 g/mol. The molecular weight excluding hydrogens is 392 g/mol. The van der Waals surface area contributed by atoms with Crippen LogP contribution in [0.2, 0.25) is 0 Å². The molecule has 144 valence electrons. The van der Waals surface area contributed by atoms with Gasteiger partial charge in [0, 0.05) is 27.6 Å². The Bertz CT molecular complexity index is 1070. The van der Waals surface area contributed by atoms with Gasteiger partial charge in [-0.15, -0.1) is 21.5 Å². The number of thiophene rings is 1. The molecule has 3 heterocycles. The van der Waals surface area contributed by atoms with Crippen molar-refractivity contribution >= 4 is 39.1 Å². The summed E-state index contributed by atoms with van der Waals surface area (Å²) in [6, 6.07) is 12.0. The van der Waals surface area contributed by atoms with Crippen molar-refractivity contribution in [2.45, 2.75) is 31.6 Å². The molecule has 0 aliphatic carbocycles. The van der Waals surface area contributed by atoms with E-state index in [4.69, 9.17) is 4.42 Å². The van der Waals surface area contributed by atoms with E-state index in [0.29, 0.717) is 6.54 Å². The van der Waals surface area contributed by atoms with E-state index in [1.165, 1.54) is 21.8 Å². The van der Waals surface area contributed by atoms with Crippen LogP contribution >= 0.6 is 23.1 Å². The minimum absolute atomic E-state index is 0.0602. The molecule has 28 heavy (non-hydrogen) atoms. The van der Waals surface area contributed by atoms with Gasteiger partial charge in [0.2, 0.25) is 5.91 Å². The Labute approximate surface area is 171 Å². The van der Waals surface area contributed by atoms with Crippen molar-refractivity contribution < 1.29 is 9.21 Å². The van der Waals surface area contributed by atoms with Crippen LogP contribution in [0.4, 0.5) is 0 Å². The van der Waals surface area contributed by atoms with Crippen molar-refractivity contribution in [3.8, 4) is 11.4 Å². The summed E-state index contributed by atoms with van der Waals surface area (Å²) in [5, 5.41) is 15.7. The third-order valence-corrected chi connectivity index (χ3v) is 6.19. The van der Waals surface area contributed by atoms with Crippen LogP contribution in [-0.4, -0.2) is 26.4 Å². The molecule has 0 bridgehead atoms. The normalized spacial score (nSPS) is 11.2. The summed E-state index contributed by atoms with van der Waals surface area (Å²) < 4.78 is 8.57. The van der Waals surface area contributed by atoms with Crippen LogP contribution in [0.15, 0.2) is 57.6 Å². The van der Waals surface area contributed by atoms with E-state index >= 15 is 0 Å². The molecule has 0 saturated carbocycles. The predicted octanol–water partition coefficient (Wildman–Crippen LogP) is 4.57. The van der Waals surface area contributed by atoms with Crippen molar-refractivity contribution in [2.75, 3.05) is 5.75 Å². The Kier molecular flexibility index (Phi) is 5.78. The summed E-state index contributed by atoms with van der Waals surface area (Å²) in [6.45, 7) is 3.32. The second-order valence-corrected chi connectivity index (χ2v) is 8.10. The van der Waals surface area contributed by atoms with E-state index in [1.54, 1.807) is 23.7 Å². The van der Waals surface area contributed by atoms with E-state index in [2.05, 4.69) is 44.5 Å². The molecule has 0 unspecified atom stereocenters. The number of fused-ring (bicyclic) bond motifs is 1. The maximum absolute atomic E-state index is 12.2. The first-order valence-electron chi connectivity index (χ1n) is 9.08. The topological polar surface area (TPSA) is 73.0 Å². The van der Waals surface area contributed by atoms with Gasteiger partial charge in [-0.2, -0.15) is 0 Å². The van der Waals surface area contributed by atoms with Gasteiger partial charge in [-0.3, -0.25) is 4.79 Å². The molecule has 0 spiro atoms. The van der Waals surface area contributed by atoms with E-state index in [0.717, 1.165) is 35.3 Å². The lowest BCUT2D eigenvalue weighted by Crippen LogP contribution is -2.24. The smallest absolute Gasteiger partial charge is 0.230 e. The number of thioether (sulfide) groups is 1. The maximum Gasteiger partial charge on any atom is 0.230 e. The fourth-order valence-corrected chi connectivity index (χ4v) is 4.68. The summed E-state index contributed by atoms with van der Waals surface area (Å²) in [6.07, 6.45) is 2.56. The third-order valence-electron chi connectivity index (χ3n) is 4.26. The summed E-state index contributed by atoms with van der Waals surface area (Å²) in [5.41, 5.74) is 1.09. The molecule has 0 saturated heterocycles. The number of nitrogens with zero attached hydrogens (tertiary/aromatic N) is 3. The highest BCUT2D eigenvalue weighted by Gasteiger charge is 2.18. The zero-order chi connectivity index (χ0) is 19.3. The van der Waals surface area contributed by atoms with Gasteiger partial charge < -0.3 is 14.3 Å². The molecule has 0 aliphatic heterocycles. The molecule has 8 heteroatoms. The van der Waals surface area contributed by atoms with Crippen molar-refractivity contribution in [2.24, 2.45) is 0 Å². The lowest BCUT2D eigenvalue weighted by molar-refractivity contribution is -0.118. The maximum atomic E-state index is 12.2. The second kappa shape index (κ2) is 8.62. The van der Waals surface area contributed by atoms with Gasteiger partial charge in [-0.05, 0) is 24.6 Å². The molecule has 0 aliphatic rings. The molecule has 1 N–H and O–H groups in total. The highest BCUT2D eigenvalue weighted by atomic mass is 32.2.